The summed E-state index contributed by atoms with van der Waals surface area (Å²) in [5.41, 5.74) is 1.41. The van der Waals surface area contributed by atoms with Crippen molar-refractivity contribution >= 4 is 0 Å². The fourth-order valence-corrected chi connectivity index (χ4v) is 5.17. The first-order chi connectivity index (χ1) is 12.2. The van der Waals surface area contributed by atoms with Crippen LogP contribution in [0.4, 0.5) is 0 Å². The summed E-state index contributed by atoms with van der Waals surface area (Å²) in [6.07, 6.45) is 3.35. The summed E-state index contributed by atoms with van der Waals surface area (Å²) >= 11 is 0. The second kappa shape index (κ2) is 10.9. The van der Waals surface area contributed by atoms with Crippen LogP contribution in [-0.2, 0) is 9.47 Å². The molecule has 7 heteroatoms. The van der Waals surface area contributed by atoms with E-state index in [-0.39, 0.29) is 119 Å². The minimum absolute atomic E-state index is 0. The Hall–Kier alpha value is 2.16. The Morgan fingerprint density at radius 2 is 1.29 bits per heavy atom. The summed E-state index contributed by atoms with van der Waals surface area (Å²) in [7, 11) is 0. The van der Waals surface area contributed by atoms with Gasteiger partial charge < -0.3 is 24.8 Å². The number of aliphatic hydroxyl groups excluding tert-OH is 3. The molecular formula is C21H34Ac2O5. The van der Waals surface area contributed by atoms with Crippen LogP contribution in [0.5, 0.6) is 0 Å². The molecule has 0 aromatic rings. The van der Waals surface area contributed by atoms with E-state index in [1.807, 2.05) is 0 Å². The first-order valence-corrected chi connectivity index (χ1v) is 9.84. The van der Waals surface area contributed by atoms with Crippen molar-refractivity contribution < 1.29 is 113 Å². The van der Waals surface area contributed by atoms with Gasteiger partial charge in [0.05, 0.1) is 19.3 Å². The molecule has 3 N–H and O–H groups in total. The maximum atomic E-state index is 9.68. The van der Waals surface area contributed by atoms with E-state index in [1.165, 1.54) is 12.0 Å². The standard InChI is InChI=1S/C11H18O2.C10H16O3.2Ac/c1-7-4-8(2)9(3)11(5-7)10(6-12)13-11;1-6-3-8(12)7(2)10(4-6)9(5-11)13-10;;/h7-8,10,12H,3-6H2,1-2H3;6,8-9,11-12H,2-5H2,1H3;;/t7-,8-,10?,11?;6-,8?,9?,10?;;/m00../s1. The third kappa shape index (κ3) is 5.38. The van der Waals surface area contributed by atoms with Crippen molar-refractivity contribution in [1.29, 1.82) is 0 Å². The third-order valence-electron chi connectivity index (χ3n) is 6.73. The van der Waals surface area contributed by atoms with Crippen LogP contribution in [0.2, 0.25) is 0 Å². The Labute approximate surface area is 240 Å². The summed E-state index contributed by atoms with van der Waals surface area (Å²) in [6.45, 7) is 14.7. The Morgan fingerprint density at radius 1 is 0.857 bits per heavy atom. The minimum atomic E-state index is -0.458. The molecule has 5 nitrogen and oxygen atoms in total. The largest absolute Gasteiger partial charge is 0.394 e. The van der Waals surface area contributed by atoms with Crippen LogP contribution in [0.25, 0.3) is 0 Å². The van der Waals surface area contributed by atoms with Crippen molar-refractivity contribution in [3.8, 4) is 0 Å². The van der Waals surface area contributed by atoms with Crippen molar-refractivity contribution in [2.75, 3.05) is 13.2 Å². The topological polar surface area (TPSA) is 85.8 Å². The van der Waals surface area contributed by atoms with Crippen LogP contribution in [0.15, 0.2) is 24.3 Å². The van der Waals surface area contributed by atoms with E-state index >= 15 is 0 Å². The van der Waals surface area contributed by atoms with E-state index in [0.29, 0.717) is 17.8 Å². The van der Waals surface area contributed by atoms with E-state index in [4.69, 9.17) is 19.7 Å². The molecule has 0 bridgehead atoms. The molecule has 4 fully saturated rings. The van der Waals surface area contributed by atoms with Gasteiger partial charge in [-0.3, -0.25) is 0 Å². The van der Waals surface area contributed by atoms with E-state index in [9.17, 15) is 5.11 Å². The smallest absolute Gasteiger partial charge is 0.121 e. The fourth-order valence-electron chi connectivity index (χ4n) is 5.17. The Kier molecular flexibility index (Phi) is 10.9. The van der Waals surface area contributed by atoms with Crippen LogP contribution < -0.4 is 0 Å². The van der Waals surface area contributed by atoms with Gasteiger partial charge in [0.15, 0.2) is 0 Å². The van der Waals surface area contributed by atoms with Gasteiger partial charge in [0.25, 0.3) is 0 Å². The van der Waals surface area contributed by atoms with E-state index in [1.54, 1.807) is 0 Å². The molecule has 28 heavy (non-hydrogen) atoms. The van der Waals surface area contributed by atoms with Crippen LogP contribution in [0, 0.1) is 106 Å². The summed E-state index contributed by atoms with van der Waals surface area (Å²) in [4.78, 5) is 0. The first-order valence-electron chi connectivity index (χ1n) is 9.84. The molecular weight excluding hydrogens is 786 g/mol. The van der Waals surface area contributed by atoms with Gasteiger partial charge in [-0.25, -0.2) is 0 Å². The van der Waals surface area contributed by atoms with Gasteiger partial charge in [0.1, 0.15) is 23.4 Å². The van der Waals surface area contributed by atoms with Crippen molar-refractivity contribution in [3.05, 3.63) is 24.3 Å². The van der Waals surface area contributed by atoms with E-state index in [2.05, 4.69) is 33.9 Å². The average molecular weight is 820 g/mol. The van der Waals surface area contributed by atoms with Gasteiger partial charge in [0, 0.05) is 88.1 Å². The summed E-state index contributed by atoms with van der Waals surface area (Å²) in [6, 6.07) is 0. The molecule has 0 aromatic heterocycles. The van der Waals surface area contributed by atoms with Crippen LogP contribution in [0.1, 0.15) is 46.5 Å². The summed E-state index contributed by atoms with van der Waals surface area (Å²) in [5.74, 6) is 1.68. The SMILES string of the molecule is C=C1C(O)C[C@H](C)CC12OC2CO.C=C1[C@@H](C)C[C@H](C)CC12OC2CO.[Ac].[Ac]. The zero-order valence-corrected chi connectivity index (χ0v) is 26.9. The zero-order chi connectivity index (χ0) is 19.3. The predicted octanol–water partition coefficient (Wildman–Crippen LogP) is 2.20. The molecule has 2 radical (unpaired) electrons. The average Bonchev–Trinajstić information content (AvgIpc) is 3.46. The van der Waals surface area contributed by atoms with Crippen molar-refractivity contribution in [2.45, 2.75) is 76.0 Å². The van der Waals surface area contributed by atoms with Crippen LogP contribution in [0.3, 0.4) is 0 Å². The van der Waals surface area contributed by atoms with Gasteiger partial charge >= 0.3 is 0 Å². The van der Waals surface area contributed by atoms with Crippen molar-refractivity contribution in [3.63, 3.8) is 0 Å². The number of epoxide rings is 2. The predicted molar refractivity (Wildman–Crippen MR) is 99.6 cm³/mol. The number of hydrogen-bond acceptors (Lipinski definition) is 5. The normalized spacial score (nSPS) is 46.2. The molecule has 2 saturated heterocycles. The maximum absolute atomic E-state index is 9.68. The Bertz CT molecular complexity index is 535. The Morgan fingerprint density at radius 3 is 1.71 bits per heavy atom. The fraction of sp³-hybridized carbons (Fsp3) is 0.810. The van der Waals surface area contributed by atoms with Crippen LogP contribution >= 0.6 is 0 Å². The molecule has 2 heterocycles. The van der Waals surface area contributed by atoms with E-state index < -0.39 is 11.7 Å². The quantitative estimate of drug-likeness (QED) is 0.294. The summed E-state index contributed by atoms with van der Waals surface area (Å²) in [5, 5.41) is 27.7. The van der Waals surface area contributed by atoms with Crippen LogP contribution in [-0.4, -0.2) is 58.0 Å². The maximum Gasteiger partial charge on any atom is 0.121 e. The zero-order valence-electron chi connectivity index (χ0n) is 17.4. The number of rotatable bonds is 2. The number of aliphatic hydroxyl groups is 3. The molecule has 0 amide bonds. The Balaban J connectivity index is 0.000000261. The number of ether oxygens (including phenoxy) is 2. The summed E-state index contributed by atoms with van der Waals surface area (Å²) < 4.78 is 11.0. The van der Waals surface area contributed by atoms with Gasteiger partial charge in [-0.2, -0.15) is 0 Å². The minimum Gasteiger partial charge on any atom is -0.394 e. The third-order valence-corrected chi connectivity index (χ3v) is 6.73. The molecule has 2 aliphatic heterocycles. The molecule has 8 atom stereocenters. The second-order valence-corrected chi connectivity index (χ2v) is 8.91. The molecule has 4 aliphatic rings. The van der Waals surface area contributed by atoms with Gasteiger partial charge in [-0.05, 0) is 54.6 Å². The molecule has 5 unspecified atom stereocenters. The molecule has 4 rings (SSSR count). The molecule has 0 aromatic carbocycles. The molecule has 2 aliphatic carbocycles. The molecule has 154 valence electrons. The number of hydrogen-bond donors (Lipinski definition) is 3. The van der Waals surface area contributed by atoms with Gasteiger partial charge in [-0.15, -0.1) is 0 Å². The first kappa shape index (κ1) is 28.2. The van der Waals surface area contributed by atoms with Gasteiger partial charge in [0.2, 0.25) is 0 Å². The van der Waals surface area contributed by atoms with E-state index in [0.717, 1.165) is 24.8 Å². The van der Waals surface area contributed by atoms with Crippen molar-refractivity contribution in [2.24, 2.45) is 17.8 Å². The molecule has 2 spiro atoms. The monoisotopic (exact) mass is 820 g/mol. The van der Waals surface area contributed by atoms with Gasteiger partial charge in [-0.1, -0.05) is 33.9 Å². The van der Waals surface area contributed by atoms with Crippen molar-refractivity contribution in [1.82, 2.24) is 0 Å². The second-order valence-electron chi connectivity index (χ2n) is 8.91. The molecule has 2 saturated carbocycles.